The van der Waals surface area contributed by atoms with Gasteiger partial charge in [-0.2, -0.15) is 0 Å². The molecule has 1 aromatic heterocycles. The monoisotopic (exact) mass is 427 g/mol. The zero-order chi connectivity index (χ0) is 22.1. The van der Waals surface area contributed by atoms with Gasteiger partial charge in [0.15, 0.2) is 0 Å². The van der Waals surface area contributed by atoms with Crippen LogP contribution in [0.25, 0.3) is 0 Å². The molecule has 1 unspecified atom stereocenters. The Morgan fingerprint density at radius 3 is 2.68 bits per heavy atom. The molecule has 0 saturated heterocycles. The predicted octanol–water partition coefficient (Wildman–Crippen LogP) is 2.77. The number of fused-ring (bicyclic) bond motifs is 1. The Hall–Kier alpha value is -3.23. The van der Waals surface area contributed by atoms with Gasteiger partial charge in [-0.15, -0.1) is 0 Å². The van der Waals surface area contributed by atoms with Gasteiger partial charge in [0, 0.05) is 12.1 Å². The van der Waals surface area contributed by atoms with Gasteiger partial charge in [-0.25, -0.2) is 14.4 Å². The van der Waals surface area contributed by atoms with Crippen molar-refractivity contribution in [3.05, 3.63) is 41.5 Å². The molecule has 1 aromatic carbocycles. The number of benzene rings is 1. The Kier molecular flexibility index (Phi) is 5.75. The van der Waals surface area contributed by atoms with E-state index in [2.05, 4.69) is 9.97 Å². The van der Waals surface area contributed by atoms with E-state index in [1.165, 1.54) is 17.3 Å². The smallest absolute Gasteiger partial charge is 0.267 e. The largest absolute Gasteiger partial charge is 0.472 e. The molecule has 2 amide bonds. The first-order valence-corrected chi connectivity index (χ1v) is 10.5. The van der Waals surface area contributed by atoms with Crippen LogP contribution >= 0.6 is 0 Å². The van der Waals surface area contributed by atoms with Gasteiger partial charge >= 0.3 is 0 Å². The maximum Gasteiger partial charge on any atom is 0.267 e. The lowest BCUT2D eigenvalue weighted by atomic mass is 9.77. The molecule has 1 saturated carbocycles. The van der Waals surface area contributed by atoms with Gasteiger partial charge in [0.1, 0.15) is 29.6 Å². The van der Waals surface area contributed by atoms with Crippen molar-refractivity contribution in [3.63, 3.8) is 0 Å². The number of halogens is 1. The summed E-state index contributed by atoms with van der Waals surface area (Å²) in [6, 6.07) is 4.89. The number of nitrogens with zero attached hydrogens (tertiary/aromatic N) is 3. The highest BCUT2D eigenvalue weighted by molar-refractivity contribution is 6.10. The Bertz CT molecular complexity index is 1010. The minimum atomic E-state index is -0.420. The quantitative estimate of drug-likeness (QED) is 0.773. The minimum absolute atomic E-state index is 0.0268. The lowest BCUT2D eigenvalue weighted by Crippen LogP contribution is -2.36. The number of nitrogens with two attached hydrogens (primary N) is 2. The van der Waals surface area contributed by atoms with E-state index in [4.69, 9.17) is 16.2 Å². The van der Waals surface area contributed by atoms with Gasteiger partial charge < -0.3 is 21.1 Å². The molecule has 4 rings (SSSR count). The highest BCUT2D eigenvalue weighted by Crippen LogP contribution is 2.39. The lowest BCUT2D eigenvalue weighted by Gasteiger charge is -2.29. The molecule has 1 aliphatic carbocycles. The Labute approximate surface area is 179 Å². The van der Waals surface area contributed by atoms with Gasteiger partial charge in [0.05, 0.1) is 6.54 Å². The molecule has 31 heavy (non-hydrogen) atoms. The van der Waals surface area contributed by atoms with Crippen molar-refractivity contribution < 1.29 is 18.7 Å². The summed E-state index contributed by atoms with van der Waals surface area (Å²) < 4.78 is 20.8. The normalized spacial score (nSPS) is 23.6. The highest BCUT2D eigenvalue weighted by Gasteiger charge is 2.32. The molecule has 2 aromatic rings. The summed E-state index contributed by atoms with van der Waals surface area (Å²) in [4.78, 5) is 33.7. The molecule has 2 aliphatic rings. The second-order valence-electron chi connectivity index (χ2n) is 8.38. The summed E-state index contributed by atoms with van der Waals surface area (Å²) in [5, 5.41) is 0. The number of carbonyl (C=O) groups is 2. The minimum Gasteiger partial charge on any atom is -0.472 e. The number of carbonyl (C=O) groups excluding carboxylic acids is 2. The van der Waals surface area contributed by atoms with Gasteiger partial charge in [-0.3, -0.25) is 9.59 Å². The molecule has 1 atom stereocenters. The molecule has 2 heterocycles. The number of aromatic nitrogens is 2. The van der Waals surface area contributed by atoms with Gasteiger partial charge in [-0.1, -0.05) is 6.07 Å². The van der Waals surface area contributed by atoms with Crippen LogP contribution in [0.5, 0.6) is 5.88 Å². The molecule has 0 spiro atoms. The topological polar surface area (TPSA) is 124 Å². The van der Waals surface area contributed by atoms with E-state index in [1.807, 2.05) is 6.92 Å². The van der Waals surface area contributed by atoms with Crippen LogP contribution in [0.4, 0.5) is 15.9 Å². The van der Waals surface area contributed by atoms with Crippen LogP contribution in [0, 0.1) is 11.7 Å². The number of nitrogen functional groups attached to an aromatic ring is 1. The number of rotatable bonds is 4. The van der Waals surface area contributed by atoms with Crippen molar-refractivity contribution in [3.8, 4) is 5.88 Å². The van der Waals surface area contributed by atoms with E-state index in [-0.39, 0.29) is 53.5 Å². The van der Waals surface area contributed by atoms with Crippen molar-refractivity contribution >= 4 is 23.3 Å². The summed E-state index contributed by atoms with van der Waals surface area (Å²) in [6.45, 7) is 2.04. The first kappa shape index (κ1) is 21.0. The maximum absolute atomic E-state index is 15.1. The van der Waals surface area contributed by atoms with Crippen molar-refractivity contribution in [2.24, 2.45) is 11.7 Å². The van der Waals surface area contributed by atoms with E-state index >= 15 is 4.39 Å². The number of ether oxygens (including phenoxy) is 1. The fraction of sp³-hybridized carbons (Fsp3) is 0.455. The van der Waals surface area contributed by atoms with Crippen LogP contribution in [0.3, 0.4) is 0 Å². The van der Waals surface area contributed by atoms with E-state index in [1.54, 1.807) is 12.1 Å². The van der Waals surface area contributed by atoms with Gasteiger partial charge in [0.25, 0.3) is 5.91 Å². The van der Waals surface area contributed by atoms with Crippen molar-refractivity contribution in [1.82, 2.24) is 9.97 Å². The summed E-state index contributed by atoms with van der Waals surface area (Å²) in [5.74, 6) is -0.524. The Morgan fingerprint density at radius 1 is 1.26 bits per heavy atom. The van der Waals surface area contributed by atoms with E-state index in [0.29, 0.717) is 17.7 Å². The lowest BCUT2D eigenvalue weighted by molar-refractivity contribution is -0.119. The van der Waals surface area contributed by atoms with Crippen LogP contribution in [-0.4, -0.2) is 34.4 Å². The molecular formula is C22H26FN5O3. The summed E-state index contributed by atoms with van der Waals surface area (Å²) in [6.07, 6.45) is 4.60. The predicted molar refractivity (Wildman–Crippen MR) is 113 cm³/mol. The fourth-order valence-corrected chi connectivity index (χ4v) is 4.58. The van der Waals surface area contributed by atoms with Gasteiger partial charge in [0.2, 0.25) is 11.8 Å². The number of primary amides is 1. The Balaban J connectivity index is 1.56. The average Bonchev–Trinajstić information content (AvgIpc) is 2.85. The van der Waals surface area contributed by atoms with Crippen LogP contribution < -0.4 is 21.1 Å². The number of hydrogen-bond donors (Lipinski definition) is 2. The second kappa shape index (κ2) is 8.49. The maximum atomic E-state index is 15.1. The zero-order valence-electron chi connectivity index (χ0n) is 17.4. The first-order valence-electron chi connectivity index (χ1n) is 10.5. The molecule has 1 aliphatic heterocycles. The zero-order valence-corrected chi connectivity index (χ0v) is 17.4. The summed E-state index contributed by atoms with van der Waals surface area (Å²) >= 11 is 0. The second-order valence-corrected chi connectivity index (χ2v) is 8.38. The number of hydrogen-bond acceptors (Lipinski definition) is 6. The van der Waals surface area contributed by atoms with Gasteiger partial charge in [-0.05, 0) is 62.1 Å². The number of amides is 2. The van der Waals surface area contributed by atoms with Crippen molar-refractivity contribution in [1.29, 1.82) is 0 Å². The Morgan fingerprint density at radius 2 is 2.00 bits per heavy atom. The third-order valence-corrected chi connectivity index (χ3v) is 6.13. The van der Waals surface area contributed by atoms with E-state index in [9.17, 15) is 9.59 Å². The third-order valence-electron chi connectivity index (χ3n) is 6.13. The average molecular weight is 427 g/mol. The third kappa shape index (κ3) is 4.30. The molecular weight excluding hydrogens is 401 g/mol. The fourth-order valence-electron chi connectivity index (χ4n) is 4.58. The molecule has 164 valence electrons. The SMILES string of the molecule is CC1CN(c2ccc(C3CCC(CC(N)=O)CC3)c(F)c2)C(=O)c2c(N)ncnc2O1. The number of anilines is 2. The van der Waals surface area contributed by atoms with Crippen LogP contribution in [0.2, 0.25) is 0 Å². The van der Waals surface area contributed by atoms with Crippen molar-refractivity contribution in [2.75, 3.05) is 17.2 Å². The molecule has 0 radical (unpaired) electrons. The van der Waals surface area contributed by atoms with Crippen molar-refractivity contribution in [2.45, 2.75) is 51.0 Å². The molecule has 9 heteroatoms. The first-order chi connectivity index (χ1) is 14.8. The van der Waals surface area contributed by atoms with Crippen LogP contribution in [0.1, 0.15) is 60.9 Å². The van der Waals surface area contributed by atoms with E-state index in [0.717, 1.165) is 25.7 Å². The molecule has 4 N–H and O–H groups in total. The highest BCUT2D eigenvalue weighted by atomic mass is 19.1. The molecule has 1 fully saturated rings. The van der Waals surface area contributed by atoms with E-state index < -0.39 is 5.91 Å². The molecule has 0 bridgehead atoms. The van der Waals surface area contributed by atoms with Crippen LogP contribution in [-0.2, 0) is 4.79 Å². The molecule has 8 nitrogen and oxygen atoms in total. The van der Waals surface area contributed by atoms with Crippen LogP contribution in [0.15, 0.2) is 24.5 Å². The summed E-state index contributed by atoms with van der Waals surface area (Å²) in [5.41, 5.74) is 12.3. The standard InChI is InChI=1S/C22H26FN5O3/c1-12-10-28(22(30)19-20(25)26-11-27-21(19)31-12)15-6-7-16(17(23)9-15)14-4-2-13(3-5-14)8-18(24)29/h6-7,9,11-14H,2-5,8,10H2,1H3,(H2,24,29)(H2,25,26,27). The summed E-state index contributed by atoms with van der Waals surface area (Å²) in [7, 11) is 0.